The Labute approximate surface area is 169 Å². The van der Waals surface area contributed by atoms with Gasteiger partial charge in [0.25, 0.3) is 0 Å². The summed E-state index contributed by atoms with van der Waals surface area (Å²) in [5.74, 6) is 2.06. The minimum Gasteiger partial charge on any atom is -0.497 e. The summed E-state index contributed by atoms with van der Waals surface area (Å²) in [5, 5.41) is 10.5. The van der Waals surface area contributed by atoms with E-state index in [1.54, 1.807) is 20.3 Å². The lowest BCUT2D eigenvalue weighted by molar-refractivity contribution is 0.404. The Morgan fingerprint density at radius 2 is 1.86 bits per heavy atom. The number of pyridine rings is 1. The Hall–Kier alpha value is -3.23. The summed E-state index contributed by atoms with van der Waals surface area (Å²) in [5.41, 5.74) is 3.89. The van der Waals surface area contributed by atoms with E-state index in [1.165, 1.54) is 11.8 Å². The maximum absolute atomic E-state index is 9.83. The maximum atomic E-state index is 9.83. The second-order valence-electron chi connectivity index (χ2n) is 5.88. The van der Waals surface area contributed by atoms with Crippen LogP contribution in [0.3, 0.4) is 0 Å². The van der Waals surface area contributed by atoms with E-state index in [1.807, 2.05) is 54.6 Å². The highest BCUT2D eigenvalue weighted by Crippen LogP contribution is 2.38. The zero-order valence-corrected chi connectivity index (χ0v) is 16.6. The smallest absolute Gasteiger partial charge is 0.128 e. The number of hydrogen-bond donors (Lipinski definition) is 0. The molecule has 0 atom stereocenters. The molecule has 4 nitrogen and oxygen atoms in total. The summed E-state index contributed by atoms with van der Waals surface area (Å²) < 4.78 is 10.9. The van der Waals surface area contributed by atoms with Gasteiger partial charge in [0.2, 0.25) is 0 Å². The van der Waals surface area contributed by atoms with Gasteiger partial charge in [-0.25, -0.2) is 4.98 Å². The molecule has 3 aromatic rings. The van der Waals surface area contributed by atoms with E-state index in [0.29, 0.717) is 27.8 Å². The molecule has 5 heteroatoms. The Morgan fingerprint density at radius 1 is 1.07 bits per heavy atom. The van der Waals surface area contributed by atoms with Crippen molar-refractivity contribution in [3.8, 4) is 40.0 Å². The van der Waals surface area contributed by atoms with Gasteiger partial charge in [-0.3, -0.25) is 0 Å². The number of rotatable bonds is 7. The van der Waals surface area contributed by atoms with Gasteiger partial charge in [0.15, 0.2) is 0 Å². The summed E-state index contributed by atoms with van der Waals surface area (Å²) in [6.07, 6.45) is 1.80. The van der Waals surface area contributed by atoms with E-state index in [2.05, 4.69) is 12.6 Å². The summed E-state index contributed by atoms with van der Waals surface area (Å²) >= 11 is 1.49. The Kier molecular flexibility index (Phi) is 6.36. The average Bonchev–Trinajstić information content (AvgIpc) is 2.77. The highest BCUT2D eigenvalue weighted by molar-refractivity contribution is 7.99. The molecule has 0 unspecified atom stereocenters. The van der Waals surface area contributed by atoms with Crippen LogP contribution >= 0.6 is 11.8 Å². The molecular weight excluding hydrogens is 368 g/mol. The molecule has 0 aliphatic heterocycles. The van der Waals surface area contributed by atoms with Crippen molar-refractivity contribution < 1.29 is 9.47 Å². The number of nitrogens with zero attached hydrogens (tertiary/aromatic N) is 2. The van der Waals surface area contributed by atoms with Crippen LogP contribution in [0.4, 0.5) is 0 Å². The number of ether oxygens (including phenoxy) is 2. The lowest BCUT2D eigenvalue weighted by Crippen LogP contribution is -1.98. The molecule has 0 aliphatic rings. The molecule has 0 amide bonds. The summed E-state index contributed by atoms with van der Waals surface area (Å²) in [7, 11) is 3.25. The Balaban J connectivity index is 2.28. The van der Waals surface area contributed by atoms with Crippen molar-refractivity contribution in [1.29, 1.82) is 5.26 Å². The lowest BCUT2D eigenvalue weighted by atomic mass is 9.99. The van der Waals surface area contributed by atoms with E-state index in [9.17, 15) is 5.26 Å². The first-order chi connectivity index (χ1) is 13.7. The first-order valence-electron chi connectivity index (χ1n) is 8.68. The van der Waals surface area contributed by atoms with E-state index in [4.69, 9.17) is 14.5 Å². The van der Waals surface area contributed by atoms with Crippen molar-refractivity contribution in [3.63, 3.8) is 0 Å². The van der Waals surface area contributed by atoms with Gasteiger partial charge < -0.3 is 9.47 Å². The topological polar surface area (TPSA) is 55.1 Å². The van der Waals surface area contributed by atoms with Gasteiger partial charge >= 0.3 is 0 Å². The van der Waals surface area contributed by atoms with Crippen LogP contribution in [0.25, 0.3) is 22.4 Å². The predicted octanol–water partition coefficient (Wildman–Crippen LogP) is 5.58. The minimum absolute atomic E-state index is 0.559. The average molecular weight is 388 g/mol. The molecule has 0 fully saturated rings. The third-order valence-corrected chi connectivity index (χ3v) is 5.17. The molecule has 0 bridgehead atoms. The van der Waals surface area contributed by atoms with Crippen LogP contribution in [-0.2, 0) is 0 Å². The highest BCUT2D eigenvalue weighted by Gasteiger charge is 2.18. The highest BCUT2D eigenvalue weighted by atomic mass is 32.2. The largest absolute Gasteiger partial charge is 0.497 e. The van der Waals surface area contributed by atoms with Crippen molar-refractivity contribution in [2.24, 2.45) is 0 Å². The first kappa shape index (κ1) is 19.5. The number of aromatic nitrogens is 1. The van der Waals surface area contributed by atoms with E-state index >= 15 is 0 Å². The number of thioether (sulfide) groups is 1. The first-order valence-corrected chi connectivity index (χ1v) is 9.67. The van der Waals surface area contributed by atoms with Crippen molar-refractivity contribution in [2.75, 3.05) is 20.0 Å². The molecule has 28 heavy (non-hydrogen) atoms. The second-order valence-corrected chi connectivity index (χ2v) is 6.89. The predicted molar refractivity (Wildman–Crippen MR) is 114 cm³/mol. The molecule has 0 aliphatic carbocycles. The molecule has 2 aromatic carbocycles. The fraction of sp³-hybridized carbons (Fsp3) is 0.130. The van der Waals surface area contributed by atoms with Crippen molar-refractivity contribution in [2.45, 2.75) is 5.03 Å². The molecule has 140 valence electrons. The maximum Gasteiger partial charge on any atom is 0.128 e. The lowest BCUT2D eigenvalue weighted by Gasteiger charge is -2.14. The van der Waals surface area contributed by atoms with Crippen LogP contribution in [-0.4, -0.2) is 25.0 Å². The molecule has 0 saturated carbocycles. The number of hydrogen-bond acceptors (Lipinski definition) is 5. The fourth-order valence-electron chi connectivity index (χ4n) is 2.87. The summed E-state index contributed by atoms with van der Waals surface area (Å²) in [4.78, 5) is 4.78. The third kappa shape index (κ3) is 4.03. The molecule has 0 N–H and O–H groups in total. The normalized spacial score (nSPS) is 10.2. The molecule has 1 aromatic heterocycles. The van der Waals surface area contributed by atoms with Crippen LogP contribution in [0.15, 0.2) is 72.3 Å². The van der Waals surface area contributed by atoms with Crippen molar-refractivity contribution in [3.05, 3.63) is 72.8 Å². The zero-order chi connectivity index (χ0) is 19.9. The SMILES string of the molecule is C=CCSc1nc(-c2cc(OC)ccc2OC)cc(-c2ccccc2)c1C#N. The van der Waals surface area contributed by atoms with E-state index < -0.39 is 0 Å². The molecule has 0 saturated heterocycles. The standard InChI is InChI=1S/C23H20N2O2S/c1-4-12-28-23-20(15-24)18(16-8-6-5-7-9-16)14-21(25-23)19-13-17(26-2)10-11-22(19)27-3/h4-11,13-14H,1,12H2,2-3H3. The molecular formula is C23H20N2O2S. The van der Waals surface area contributed by atoms with Gasteiger partial charge in [-0.15, -0.1) is 18.3 Å². The van der Waals surface area contributed by atoms with Gasteiger partial charge in [0.1, 0.15) is 22.6 Å². The molecule has 1 heterocycles. The van der Waals surface area contributed by atoms with Gasteiger partial charge in [0.05, 0.1) is 25.5 Å². The monoisotopic (exact) mass is 388 g/mol. The van der Waals surface area contributed by atoms with Gasteiger partial charge in [0, 0.05) is 16.9 Å². The van der Waals surface area contributed by atoms with Gasteiger partial charge in [-0.1, -0.05) is 36.4 Å². The zero-order valence-electron chi connectivity index (χ0n) is 15.8. The fourth-order valence-corrected chi connectivity index (χ4v) is 3.61. The minimum atomic E-state index is 0.559. The van der Waals surface area contributed by atoms with Crippen LogP contribution in [0.1, 0.15) is 5.56 Å². The third-order valence-electron chi connectivity index (χ3n) is 4.20. The molecule has 0 spiro atoms. The quantitative estimate of drug-likeness (QED) is 0.390. The summed E-state index contributed by atoms with van der Waals surface area (Å²) in [6.45, 7) is 3.77. The van der Waals surface area contributed by atoms with E-state index in [-0.39, 0.29) is 0 Å². The van der Waals surface area contributed by atoms with Crippen LogP contribution < -0.4 is 9.47 Å². The van der Waals surface area contributed by atoms with Crippen LogP contribution in [0.2, 0.25) is 0 Å². The van der Waals surface area contributed by atoms with Crippen molar-refractivity contribution >= 4 is 11.8 Å². The van der Waals surface area contributed by atoms with Crippen LogP contribution in [0.5, 0.6) is 11.5 Å². The molecule has 0 radical (unpaired) electrons. The Bertz CT molecular complexity index is 1030. The van der Waals surface area contributed by atoms with Crippen LogP contribution in [0, 0.1) is 11.3 Å². The van der Waals surface area contributed by atoms with Gasteiger partial charge in [-0.05, 0) is 29.8 Å². The Morgan fingerprint density at radius 3 is 2.50 bits per heavy atom. The molecule has 3 rings (SSSR count). The number of methoxy groups -OCH3 is 2. The van der Waals surface area contributed by atoms with Crippen molar-refractivity contribution in [1.82, 2.24) is 4.98 Å². The number of benzene rings is 2. The second kappa shape index (κ2) is 9.12. The van der Waals surface area contributed by atoms with E-state index in [0.717, 1.165) is 22.4 Å². The van der Waals surface area contributed by atoms with Gasteiger partial charge in [-0.2, -0.15) is 5.26 Å². The summed E-state index contributed by atoms with van der Waals surface area (Å²) in [6, 6.07) is 19.7. The number of nitriles is 1.